The third kappa shape index (κ3) is 5.06. The van der Waals surface area contributed by atoms with Gasteiger partial charge in [0.05, 0.1) is 23.7 Å². The maximum atomic E-state index is 13.1. The molecule has 0 fully saturated rings. The number of carbonyl (C=O) groups excluding carboxylic acids is 1. The fourth-order valence-electron chi connectivity index (χ4n) is 3.71. The minimum atomic E-state index is -0.332. The molecular formula is C28H32N4O2. The Bertz CT molecular complexity index is 1300. The summed E-state index contributed by atoms with van der Waals surface area (Å²) in [5.41, 5.74) is 3.50. The highest BCUT2D eigenvalue weighted by Crippen LogP contribution is 2.32. The van der Waals surface area contributed by atoms with Crippen molar-refractivity contribution in [2.75, 3.05) is 17.2 Å². The predicted octanol–water partition coefficient (Wildman–Crippen LogP) is 7.06. The predicted molar refractivity (Wildman–Crippen MR) is 139 cm³/mol. The fraction of sp³-hybridized carbons (Fsp3) is 0.286. The van der Waals surface area contributed by atoms with E-state index in [2.05, 4.69) is 38.3 Å². The van der Waals surface area contributed by atoms with E-state index in [0.717, 1.165) is 45.6 Å². The molecule has 0 aliphatic rings. The Labute approximate surface area is 200 Å². The number of hydrogen-bond acceptors (Lipinski definition) is 3. The highest BCUT2D eigenvalue weighted by molar-refractivity contribution is 6.07. The SMILES string of the molecule is CCCOc1ccc(NC(=O)Nc2cc(C(C)(C)C)nn2-c2ccc(C)cc2)c2ccccc12. The molecule has 34 heavy (non-hydrogen) atoms. The van der Waals surface area contributed by atoms with Crippen molar-refractivity contribution < 1.29 is 9.53 Å². The van der Waals surface area contributed by atoms with E-state index < -0.39 is 0 Å². The number of aromatic nitrogens is 2. The summed E-state index contributed by atoms with van der Waals surface area (Å²) >= 11 is 0. The first-order valence-corrected chi connectivity index (χ1v) is 11.7. The zero-order valence-corrected chi connectivity index (χ0v) is 20.5. The number of nitrogens with zero attached hydrogens (tertiary/aromatic N) is 2. The summed E-state index contributed by atoms with van der Waals surface area (Å²) in [5, 5.41) is 12.7. The van der Waals surface area contributed by atoms with Gasteiger partial charge in [-0.1, -0.05) is 69.7 Å². The molecule has 3 aromatic carbocycles. The summed E-state index contributed by atoms with van der Waals surface area (Å²) < 4.78 is 7.67. The van der Waals surface area contributed by atoms with Crippen LogP contribution in [0, 0.1) is 6.92 Å². The van der Waals surface area contributed by atoms with Gasteiger partial charge in [0.15, 0.2) is 0 Å². The van der Waals surface area contributed by atoms with Crippen molar-refractivity contribution in [1.29, 1.82) is 0 Å². The van der Waals surface area contributed by atoms with Gasteiger partial charge in [-0.25, -0.2) is 9.48 Å². The van der Waals surface area contributed by atoms with Crippen molar-refractivity contribution in [2.45, 2.75) is 46.5 Å². The number of hydrogen-bond donors (Lipinski definition) is 2. The van der Waals surface area contributed by atoms with Gasteiger partial charge < -0.3 is 10.1 Å². The number of benzene rings is 3. The number of urea groups is 1. The van der Waals surface area contributed by atoms with E-state index in [1.54, 1.807) is 4.68 Å². The van der Waals surface area contributed by atoms with Gasteiger partial charge in [-0.3, -0.25) is 5.32 Å². The zero-order valence-electron chi connectivity index (χ0n) is 20.5. The second kappa shape index (κ2) is 9.59. The van der Waals surface area contributed by atoms with Gasteiger partial charge in [0.2, 0.25) is 0 Å². The largest absolute Gasteiger partial charge is 0.493 e. The molecule has 0 aliphatic carbocycles. The standard InChI is InChI=1S/C28H32N4O2/c1-6-17-34-24-16-15-23(21-9-7-8-10-22(21)24)29-27(33)30-26-18-25(28(3,4)5)31-32(26)20-13-11-19(2)12-14-20/h7-16,18H,6,17H2,1-5H3,(H2,29,30,33). The summed E-state index contributed by atoms with van der Waals surface area (Å²) in [4.78, 5) is 13.1. The number of aryl methyl sites for hydroxylation is 1. The van der Waals surface area contributed by atoms with E-state index >= 15 is 0 Å². The molecule has 0 spiro atoms. The summed E-state index contributed by atoms with van der Waals surface area (Å²) in [7, 11) is 0. The number of amides is 2. The Balaban J connectivity index is 1.63. The molecule has 1 aromatic heterocycles. The second-order valence-corrected chi connectivity index (χ2v) is 9.50. The molecular weight excluding hydrogens is 424 g/mol. The average Bonchev–Trinajstić information content (AvgIpc) is 3.23. The molecule has 0 bridgehead atoms. The van der Waals surface area contributed by atoms with Crippen LogP contribution in [0.25, 0.3) is 16.5 Å². The van der Waals surface area contributed by atoms with Gasteiger partial charge in [-0.2, -0.15) is 5.10 Å². The van der Waals surface area contributed by atoms with Crippen molar-refractivity contribution in [1.82, 2.24) is 9.78 Å². The Morgan fingerprint density at radius 3 is 2.35 bits per heavy atom. The molecule has 6 heteroatoms. The van der Waals surface area contributed by atoms with Crippen LogP contribution in [0.4, 0.5) is 16.3 Å². The molecule has 1 heterocycles. The van der Waals surface area contributed by atoms with Crippen LogP contribution in [-0.4, -0.2) is 22.4 Å². The van der Waals surface area contributed by atoms with Crippen LogP contribution in [0.1, 0.15) is 45.4 Å². The molecule has 2 N–H and O–H groups in total. The Hall–Kier alpha value is -3.80. The molecule has 6 nitrogen and oxygen atoms in total. The summed E-state index contributed by atoms with van der Waals surface area (Å²) in [6, 6.07) is 21.4. The molecule has 4 rings (SSSR count). The van der Waals surface area contributed by atoms with Crippen molar-refractivity contribution in [3.05, 3.63) is 78.0 Å². The fourth-order valence-corrected chi connectivity index (χ4v) is 3.71. The summed E-state index contributed by atoms with van der Waals surface area (Å²) in [6.45, 7) is 11.1. The smallest absolute Gasteiger partial charge is 0.324 e. The molecule has 176 valence electrons. The van der Waals surface area contributed by atoms with Crippen LogP contribution in [-0.2, 0) is 5.41 Å². The number of ether oxygens (including phenoxy) is 1. The third-order valence-electron chi connectivity index (χ3n) is 5.59. The average molecular weight is 457 g/mol. The van der Waals surface area contributed by atoms with Crippen LogP contribution in [0.15, 0.2) is 66.7 Å². The molecule has 0 aliphatic heterocycles. The van der Waals surface area contributed by atoms with Gasteiger partial charge in [-0.05, 0) is 37.6 Å². The second-order valence-electron chi connectivity index (χ2n) is 9.50. The summed E-state index contributed by atoms with van der Waals surface area (Å²) in [6.07, 6.45) is 0.932. The first-order valence-electron chi connectivity index (χ1n) is 11.7. The molecule has 4 aromatic rings. The van der Waals surface area contributed by atoms with E-state index in [1.165, 1.54) is 0 Å². The van der Waals surface area contributed by atoms with Crippen LogP contribution in [0.2, 0.25) is 0 Å². The number of rotatable bonds is 6. The van der Waals surface area contributed by atoms with Crippen LogP contribution < -0.4 is 15.4 Å². The molecule has 0 saturated heterocycles. The monoisotopic (exact) mass is 456 g/mol. The maximum Gasteiger partial charge on any atom is 0.324 e. The number of carbonyl (C=O) groups is 1. The van der Waals surface area contributed by atoms with Crippen molar-refractivity contribution in [2.24, 2.45) is 0 Å². The normalized spacial score (nSPS) is 11.4. The highest BCUT2D eigenvalue weighted by atomic mass is 16.5. The van der Waals surface area contributed by atoms with Crippen molar-refractivity contribution in [3.63, 3.8) is 0 Å². The van der Waals surface area contributed by atoms with E-state index in [-0.39, 0.29) is 11.4 Å². The van der Waals surface area contributed by atoms with E-state index in [9.17, 15) is 4.79 Å². The van der Waals surface area contributed by atoms with Crippen LogP contribution in [0.5, 0.6) is 5.75 Å². The van der Waals surface area contributed by atoms with Gasteiger partial charge in [0, 0.05) is 22.3 Å². The molecule has 2 amide bonds. The highest BCUT2D eigenvalue weighted by Gasteiger charge is 2.22. The van der Waals surface area contributed by atoms with E-state index in [4.69, 9.17) is 9.84 Å². The van der Waals surface area contributed by atoms with Crippen LogP contribution in [0.3, 0.4) is 0 Å². The number of anilines is 2. The van der Waals surface area contributed by atoms with Gasteiger partial charge in [-0.15, -0.1) is 0 Å². The molecule has 0 atom stereocenters. The molecule has 0 radical (unpaired) electrons. The lowest BCUT2D eigenvalue weighted by atomic mass is 9.92. The Kier molecular flexibility index (Phi) is 6.59. The minimum Gasteiger partial charge on any atom is -0.493 e. The van der Waals surface area contributed by atoms with Crippen LogP contribution >= 0.6 is 0 Å². The lowest BCUT2D eigenvalue weighted by Gasteiger charge is -2.14. The topological polar surface area (TPSA) is 68.2 Å². The number of fused-ring (bicyclic) bond motifs is 1. The van der Waals surface area contributed by atoms with Crippen molar-refractivity contribution in [3.8, 4) is 11.4 Å². The lowest BCUT2D eigenvalue weighted by Crippen LogP contribution is -2.21. The van der Waals surface area contributed by atoms with Gasteiger partial charge >= 0.3 is 6.03 Å². The lowest BCUT2D eigenvalue weighted by molar-refractivity contribution is 0.262. The quantitative estimate of drug-likeness (QED) is 0.326. The van der Waals surface area contributed by atoms with Gasteiger partial charge in [0.25, 0.3) is 0 Å². The maximum absolute atomic E-state index is 13.1. The Morgan fingerprint density at radius 2 is 1.68 bits per heavy atom. The zero-order chi connectivity index (χ0) is 24.3. The third-order valence-corrected chi connectivity index (χ3v) is 5.59. The molecule has 0 saturated carbocycles. The summed E-state index contributed by atoms with van der Waals surface area (Å²) in [5.74, 6) is 1.43. The first-order chi connectivity index (χ1) is 16.3. The van der Waals surface area contributed by atoms with E-state index in [0.29, 0.717) is 12.4 Å². The minimum absolute atomic E-state index is 0.159. The number of nitrogens with one attached hydrogen (secondary N) is 2. The Morgan fingerprint density at radius 1 is 0.971 bits per heavy atom. The molecule has 0 unspecified atom stereocenters. The van der Waals surface area contributed by atoms with E-state index in [1.807, 2.05) is 73.7 Å². The van der Waals surface area contributed by atoms with Gasteiger partial charge in [0.1, 0.15) is 11.6 Å². The first kappa shape index (κ1) is 23.4. The van der Waals surface area contributed by atoms with Crippen molar-refractivity contribution >= 4 is 28.3 Å².